The number of non-ortho nitro benzene ring substituents is 1. The summed E-state index contributed by atoms with van der Waals surface area (Å²) in [5.41, 5.74) is -1.30. The predicted octanol–water partition coefficient (Wildman–Crippen LogP) is 0.414. The Balaban J connectivity index is 2.51. The Kier molecular flexibility index (Phi) is 2.68. The lowest BCUT2D eigenvalue weighted by Crippen LogP contribution is -2.39. The number of aromatic amines is 1. The van der Waals surface area contributed by atoms with E-state index in [9.17, 15) is 19.7 Å². The summed E-state index contributed by atoms with van der Waals surface area (Å²) in [5.74, 6) is 0.468. The van der Waals surface area contributed by atoms with Gasteiger partial charge in [0.1, 0.15) is 5.82 Å². The van der Waals surface area contributed by atoms with Crippen LogP contribution in [0.3, 0.4) is 0 Å². The number of nitrogens with zero attached hydrogens (tertiary/aromatic N) is 4. The Labute approximate surface area is 116 Å². The zero-order valence-electron chi connectivity index (χ0n) is 10.8. The van der Waals surface area contributed by atoms with Crippen molar-refractivity contribution in [2.75, 3.05) is 0 Å². The Morgan fingerprint density at radius 1 is 1.33 bits per heavy atom. The molecule has 2 heterocycles. The van der Waals surface area contributed by atoms with Crippen LogP contribution in [-0.4, -0.2) is 24.2 Å². The minimum atomic E-state index is -0.843. The molecule has 0 aliphatic rings. The van der Waals surface area contributed by atoms with Gasteiger partial charge < -0.3 is 4.98 Å². The number of H-pyrrole nitrogens is 1. The highest BCUT2D eigenvalue weighted by molar-refractivity contribution is 5.77. The molecule has 21 heavy (non-hydrogen) atoms. The van der Waals surface area contributed by atoms with Gasteiger partial charge >= 0.3 is 11.1 Å². The molecule has 0 aliphatic carbocycles. The van der Waals surface area contributed by atoms with Crippen LogP contribution in [0.5, 0.6) is 0 Å². The average Bonchev–Trinajstić information content (AvgIpc) is 2.86. The van der Waals surface area contributed by atoms with Gasteiger partial charge in [-0.15, -0.1) is 0 Å². The second-order valence-corrected chi connectivity index (χ2v) is 4.35. The van der Waals surface area contributed by atoms with E-state index in [2.05, 4.69) is 9.97 Å². The van der Waals surface area contributed by atoms with E-state index in [-0.39, 0.29) is 11.2 Å². The minimum absolute atomic E-state index is 0.180. The third kappa shape index (κ3) is 1.91. The summed E-state index contributed by atoms with van der Waals surface area (Å²) in [6.07, 6.45) is 2.96. The smallest absolute Gasteiger partial charge is 0.316 e. The number of benzene rings is 1. The van der Waals surface area contributed by atoms with Gasteiger partial charge in [0.15, 0.2) is 0 Å². The fourth-order valence-corrected chi connectivity index (χ4v) is 2.09. The zero-order valence-corrected chi connectivity index (χ0v) is 10.8. The SMILES string of the molecule is Cc1nccn1-n1c(=O)c(=O)[nH]c2ccc([N+](=O)[O-])cc21. The maximum Gasteiger partial charge on any atom is 0.335 e. The number of nitro groups is 1. The van der Waals surface area contributed by atoms with E-state index in [1.54, 1.807) is 6.92 Å². The number of aryl methyl sites for hydroxylation is 1. The molecule has 0 bridgehead atoms. The molecule has 0 saturated heterocycles. The summed E-state index contributed by atoms with van der Waals surface area (Å²) >= 11 is 0. The molecule has 9 heteroatoms. The first kappa shape index (κ1) is 12.8. The van der Waals surface area contributed by atoms with Crippen LogP contribution in [0.25, 0.3) is 11.0 Å². The van der Waals surface area contributed by atoms with Crippen molar-refractivity contribution in [1.82, 2.24) is 19.3 Å². The molecule has 106 valence electrons. The van der Waals surface area contributed by atoms with Gasteiger partial charge in [-0.1, -0.05) is 0 Å². The molecule has 0 unspecified atom stereocenters. The van der Waals surface area contributed by atoms with Crippen LogP contribution in [-0.2, 0) is 0 Å². The number of nitrogens with one attached hydrogen (secondary N) is 1. The quantitative estimate of drug-likeness (QED) is 0.416. The molecule has 9 nitrogen and oxygen atoms in total. The van der Waals surface area contributed by atoms with E-state index in [1.165, 1.54) is 35.3 Å². The van der Waals surface area contributed by atoms with Crippen LogP contribution in [0.2, 0.25) is 0 Å². The second kappa shape index (κ2) is 4.40. The number of imidazole rings is 1. The summed E-state index contributed by atoms with van der Waals surface area (Å²) in [5, 5.41) is 10.9. The largest absolute Gasteiger partial charge is 0.335 e. The van der Waals surface area contributed by atoms with Gasteiger partial charge in [-0.3, -0.25) is 19.7 Å². The highest BCUT2D eigenvalue weighted by Crippen LogP contribution is 2.17. The first-order valence-corrected chi connectivity index (χ1v) is 5.93. The molecule has 0 saturated carbocycles. The van der Waals surface area contributed by atoms with E-state index in [4.69, 9.17) is 0 Å². The fourth-order valence-electron chi connectivity index (χ4n) is 2.09. The van der Waals surface area contributed by atoms with E-state index >= 15 is 0 Å². The lowest BCUT2D eigenvalue weighted by atomic mass is 10.2. The standard InChI is InChI=1S/C12H9N5O4/c1-7-13-4-5-15(7)16-10-6-8(17(20)21)2-3-9(10)14-11(18)12(16)19/h2-6H,1H3,(H,14,18). The number of aromatic nitrogens is 4. The highest BCUT2D eigenvalue weighted by atomic mass is 16.6. The molecule has 0 radical (unpaired) electrons. The number of hydrogen-bond acceptors (Lipinski definition) is 5. The molecule has 2 aromatic heterocycles. The second-order valence-electron chi connectivity index (χ2n) is 4.35. The van der Waals surface area contributed by atoms with Crippen molar-refractivity contribution in [3.63, 3.8) is 0 Å². The van der Waals surface area contributed by atoms with Crippen LogP contribution < -0.4 is 11.1 Å². The van der Waals surface area contributed by atoms with Crippen LogP contribution in [0.4, 0.5) is 5.69 Å². The van der Waals surface area contributed by atoms with Gasteiger partial charge in [0.25, 0.3) is 5.69 Å². The molecule has 3 aromatic rings. The molecule has 1 N–H and O–H groups in total. The number of hydrogen-bond donors (Lipinski definition) is 1. The molecular formula is C12H9N5O4. The lowest BCUT2D eigenvalue weighted by molar-refractivity contribution is -0.384. The minimum Gasteiger partial charge on any atom is -0.316 e. The van der Waals surface area contributed by atoms with Crippen LogP contribution in [0, 0.1) is 17.0 Å². The van der Waals surface area contributed by atoms with Crippen LogP contribution in [0.15, 0.2) is 40.2 Å². The first-order valence-electron chi connectivity index (χ1n) is 5.93. The van der Waals surface area contributed by atoms with Crippen molar-refractivity contribution in [2.45, 2.75) is 6.92 Å². The summed E-state index contributed by atoms with van der Waals surface area (Å²) in [6, 6.07) is 3.87. The van der Waals surface area contributed by atoms with E-state index in [1.807, 2.05) is 0 Å². The monoisotopic (exact) mass is 287 g/mol. The van der Waals surface area contributed by atoms with Crippen molar-refractivity contribution < 1.29 is 4.92 Å². The maximum atomic E-state index is 12.1. The molecule has 0 fully saturated rings. The van der Waals surface area contributed by atoms with Crippen LogP contribution >= 0.6 is 0 Å². The summed E-state index contributed by atoms with van der Waals surface area (Å²) < 4.78 is 2.42. The Bertz CT molecular complexity index is 981. The summed E-state index contributed by atoms with van der Waals surface area (Å²) in [4.78, 5) is 40.5. The Hall–Kier alpha value is -3.23. The number of rotatable bonds is 2. The maximum absolute atomic E-state index is 12.1. The average molecular weight is 287 g/mol. The molecule has 1 aromatic carbocycles. The molecule has 0 aliphatic heterocycles. The normalized spacial score (nSPS) is 10.9. The van der Waals surface area contributed by atoms with Crippen molar-refractivity contribution in [3.8, 4) is 0 Å². The van der Waals surface area contributed by atoms with Gasteiger partial charge in [0.2, 0.25) is 0 Å². The highest BCUT2D eigenvalue weighted by Gasteiger charge is 2.14. The number of nitro benzene ring substituents is 1. The molecular weight excluding hydrogens is 278 g/mol. The van der Waals surface area contributed by atoms with Crippen molar-refractivity contribution in [2.24, 2.45) is 0 Å². The molecule has 0 amide bonds. The number of fused-ring (bicyclic) bond motifs is 1. The van der Waals surface area contributed by atoms with Crippen molar-refractivity contribution in [1.29, 1.82) is 0 Å². The van der Waals surface area contributed by atoms with Crippen molar-refractivity contribution in [3.05, 3.63) is 67.2 Å². The van der Waals surface area contributed by atoms with E-state index < -0.39 is 16.0 Å². The summed E-state index contributed by atoms with van der Waals surface area (Å²) in [7, 11) is 0. The predicted molar refractivity (Wildman–Crippen MR) is 73.2 cm³/mol. The Morgan fingerprint density at radius 2 is 2.10 bits per heavy atom. The molecule has 0 atom stereocenters. The first-order chi connectivity index (χ1) is 9.99. The fraction of sp³-hybridized carbons (Fsp3) is 0.0833. The van der Waals surface area contributed by atoms with Crippen LogP contribution in [0.1, 0.15) is 5.82 Å². The van der Waals surface area contributed by atoms with Gasteiger partial charge in [0, 0.05) is 24.5 Å². The van der Waals surface area contributed by atoms with Gasteiger partial charge in [-0.05, 0) is 13.0 Å². The molecule has 3 rings (SSSR count). The lowest BCUT2D eigenvalue weighted by Gasteiger charge is -2.11. The topological polar surface area (TPSA) is 116 Å². The van der Waals surface area contributed by atoms with Gasteiger partial charge in [0.05, 0.1) is 16.0 Å². The van der Waals surface area contributed by atoms with Crippen molar-refractivity contribution >= 4 is 16.7 Å². The summed E-state index contributed by atoms with van der Waals surface area (Å²) in [6.45, 7) is 1.65. The van der Waals surface area contributed by atoms with Gasteiger partial charge in [-0.25, -0.2) is 14.3 Å². The molecule has 0 spiro atoms. The third-order valence-electron chi connectivity index (χ3n) is 3.07. The van der Waals surface area contributed by atoms with E-state index in [0.29, 0.717) is 11.3 Å². The zero-order chi connectivity index (χ0) is 15.1. The van der Waals surface area contributed by atoms with Gasteiger partial charge in [-0.2, -0.15) is 0 Å². The third-order valence-corrected chi connectivity index (χ3v) is 3.07. The Morgan fingerprint density at radius 3 is 2.71 bits per heavy atom. The van der Waals surface area contributed by atoms with E-state index in [0.717, 1.165) is 4.68 Å².